The van der Waals surface area contributed by atoms with Gasteiger partial charge in [0.15, 0.2) is 5.96 Å². The predicted octanol–water partition coefficient (Wildman–Crippen LogP) is 1.39. The maximum absolute atomic E-state index is 12.8. The molecule has 5 unspecified atom stereocenters. The molecule has 0 aromatic carbocycles. The summed E-state index contributed by atoms with van der Waals surface area (Å²) in [4.78, 5) is 31.6. The number of guanidine groups is 1. The molecule has 7 heteroatoms. The van der Waals surface area contributed by atoms with Crippen molar-refractivity contribution in [3.8, 4) is 0 Å². The van der Waals surface area contributed by atoms with Crippen LogP contribution in [0.1, 0.15) is 40.0 Å². The van der Waals surface area contributed by atoms with E-state index in [9.17, 15) is 14.7 Å². The van der Waals surface area contributed by atoms with Gasteiger partial charge in [-0.2, -0.15) is 0 Å². The van der Waals surface area contributed by atoms with Crippen LogP contribution in [-0.4, -0.2) is 60.6 Å². The number of carbonyl (C=O) groups is 2. The molecule has 2 fully saturated rings. The quantitative estimate of drug-likeness (QED) is 0.221. The van der Waals surface area contributed by atoms with Crippen LogP contribution in [0, 0.1) is 35.5 Å². The second-order valence-electron chi connectivity index (χ2n) is 8.98. The number of likely N-dealkylation sites (tertiary alicyclic amines) is 1. The Morgan fingerprint density at radius 3 is 2.41 bits per heavy atom. The summed E-state index contributed by atoms with van der Waals surface area (Å²) in [7, 11) is 0. The summed E-state index contributed by atoms with van der Waals surface area (Å²) in [5.74, 6) is 1.85. The Labute approximate surface area is 174 Å². The first-order chi connectivity index (χ1) is 14.0. The smallest absolute Gasteiger partial charge is 0.233 e. The fraction of sp³-hybridized carbons (Fsp3) is 0.773. The van der Waals surface area contributed by atoms with E-state index < -0.39 is 0 Å². The standard InChI is InChI=1S/C22H36N4O3/c1-4-23-22(25-13-15(7-10-27)11-14(2)3)24-8-9-26-20(28)18-16-5-6-17(12-16)19(18)21(26)29/h5-6,14-19,27H,4,7-13H2,1-3H3,(H2,23,24,25). The Morgan fingerprint density at radius 1 is 1.21 bits per heavy atom. The molecule has 1 aliphatic heterocycles. The lowest BCUT2D eigenvalue weighted by molar-refractivity contribution is -0.140. The second-order valence-corrected chi connectivity index (χ2v) is 8.98. The van der Waals surface area contributed by atoms with Crippen molar-refractivity contribution < 1.29 is 14.7 Å². The van der Waals surface area contributed by atoms with E-state index in [2.05, 4.69) is 41.6 Å². The van der Waals surface area contributed by atoms with Crippen LogP contribution in [0.25, 0.3) is 0 Å². The van der Waals surface area contributed by atoms with E-state index in [0.717, 1.165) is 25.8 Å². The lowest BCUT2D eigenvalue weighted by atomic mass is 9.85. The van der Waals surface area contributed by atoms with Crippen LogP contribution in [0.3, 0.4) is 0 Å². The Kier molecular flexibility index (Phi) is 7.33. The number of carbonyl (C=O) groups excluding carboxylic acids is 2. The summed E-state index contributed by atoms with van der Waals surface area (Å²) >= 11 is 0. The predicted molar refractivity (Wildman–Crippen MR) is 113 cm³/mol. The third-order valence-electron chi connectivity index (χ3n) is 6.38. The Hall–Kier alpha value is -1.89. The first kappa shape index (κ1) is 21.8. The number of allylic oxidation sites excluding steroid dienone is 2. The van der Waals surface area contributed by atoms with Crippen LogP contribution >= 0.6 is 0 Å². The molecule has 1 saturated carbocycles. The van der Waals surface area contributed by atoms with Gasteiger partial charge in [0.2, 0.25) is 11.8 Å². The summed E-state index contributed by atoms with van der Waals surface area (Å²) in [6, 6.07) is 0. The van der Waals surface area contributed by atoms with Crippen molar-refractivity contribution in [3.05, 3.63) is 12.2 Å². The minimum atomic E-state index is -0.130. The highest BCUT2D eigenvalue weighted by Crippen LogP contribution is 2.52. The normalized spacial score (nSPS) is 29.1. The van der Waals surface area contributed by atoms with E-state index in [-0.39, 0.29) is 42.1 Å². The molecule has 7 nitrogen and oxygen atoms in total. The molecular weight excluding hydrogens is 368 g/mol. The molecule has 0 radical (unpaired) electrons. The number of imide groups is 1. The Morgan fingerprint density at radius 2 is 1.86 bits per heavy atom. The third kappa shape index (κ3) is 4.82. The minimum absolute atomic E-state index is 0.000493. The van der Waals surface area contributed by atoms with E-state index >= 15 is 0 Å². The molecule has 1 saturated heterocycles. The number of amides is 2. The van der Waals surface area contributed by atoms with Gasteiger partial charge in [0.05, 0.1) is 11.8 Å². The van der Waals surface area contributed by atoms with Crippen molar-refractivity contribution in [1.29, 1.82) is 0 Å². The zero-order chi connectivity index (χ0) is 21.0. The highest BCUT2D eigenvalue weighted by atomic mass is 16.3. The molecule has 5 atom stereocenters. The van der Waals surface area contributed by atoms with Crippen LogP contribution in [0.15, 0.2) is 17.1 Å². The van der Waals surface area contributed by atoms with Crippen molar-refractivity contribution in [1.82, 2.24) is 15.5 Å². The van der Waals surface area contributed by atoms with Gasteiger partial charge in [-0.05, 0) is 49.9 Å². The van der Waals surface area contributed by atoms with Crippen LogP contribution < -0.4 is 10.6 Å². The van der Waals surface area contributed by atoms with Gasteiger partial charge >= 0.3 is 0 Å². The lowest BCUT2D eigenvalue weighted by Gasteiger charge is -2.20. The van der Waals surface area contributed by atoms with Crippen molar-refractivity contribution in [2.24, 2.45) is 40.5 Å². The molecule has 0 aromatic rings. The number of aliphatic hydroxyl groups is 1. The van der Waals surface area contributed by atoms with E-state index in [0.29, 0.717) is 37.4 Å². The molecule has 2 bridgehead atoms. The van der Waals surface area contributed by atoms with Crippen LogP contribution in [0.5, 0.6) is 0 Å². The van der Waals surface area contributed by atoms with Crippen LogP contribution in [0.2, 0.25) is 0 Å². The first-order valence-electron chi connectivity index (χ1n) is 11.1. The summed E-state index contributed by atoms with van der Waals surface area (Å²) < 4.78 is 0. The van der Waals surface area contributed by atoms with E-state index in [1.165, 1.54) is 4.90 Å². The second kappa shape index (κ2) is 9.74. The maximum Gasteiger partial charge on any atom is 0.233 e. The molecule has 3 rings (SSSR count). The molecule has 0 spiro atoms. The van der Waals surface area contributed by atoms with Gasteiger partial charge in [-0.3, -0.25) is 19.5 Å². The number of aliphatic hydroxyl groups excluding tert-OH is 1. The van der Waals surface area contributed by atoms with Gasteiger partial charge in [0, 0.05) is 32.8 Å². The molecule has 29 heavy (non-hydrogen) atoms. The molecular formula is C22H36N4O3. The molecule has 3 aliphatic rings. The van der Waals surface area contributed by atoms with Crippen molar-refractivity contribution in [3.63, 3.8) is 0 Å². The van der Waals surface area contributed by atoms with Gasteiger partial charge < -0.3 is 15.7 Å². The number of hydrogen-bond acceptors (Lipinski definition) is 4. The van der Waals surface area contributed by atoms with Crippen molar-refractivity contribution in [2.45, 2.75) is 40.0 Å². The van der Waals surface area contributed by atoms with Gasteiger partial charge in [-0.25, -0.2) is 0 Å². The third-order valence-corrected chi connectivity index (χ3v) is 6.38. The average molecular weight is 405 g/mol. The number of rotatable bonds is 10. The van der Waals surface area contributed by atoms with Crippen LogP contribution in [0.4, 0.5) is 0 Å². The fourth-order valence-corrected chi connectivity index (χ4v) is 5.17. The van der Waals surface area contributed by atoms with Gasteiger partial charge in [0.25, 0.3) is 0 Å². The molecule has 0 aromatic heterocycles. The Balaban J connectivity index is 1.52. The molecule has 3 N–H and O–H groups in total. The van der Waals surface area contributed by atoms with E-state index in [4.69, 9.17) is 0 Å². The van der Waals surface area contributed by atoms with E-state index in [1.807, 2.05) is 6.92 Å². The number of nitrogens with one attached hydrogen (secondary N) is 2. The monoisotopic (exact) mass is 404 g/mol. The van der Waals surface area contributed by atoms with Gasteiger partial charge in [0.1, 0.15) is 0 Å². The summed E-state index contributed by atoms with van der Waals surface area (Å²) in [6.07, 6.45) is 6.97. The van der Waals surface area contributed by atoms with E-state index in [1.54, 1.807) is 0 Å². The van der Waals surface area contributed by atoms with Gasteiger partial charge in [-0.1, -0.05) is 26.0 Å². The van der Waals surface area contributed by atoms with Gasteiger partial charge in [-0.15, -0.1) is 0 Å². The summed E-state index contributed by atoms with van der Waals surface area (Å²) in [5, 5.41) is 15.8. The minimum Gasteiger partial charge on any atom is -0.396 e. The SMILES string of the molecule is CCNC(=NCC(CCO)CC(C)C)NCCN1C(=O)C2C3C=CC(C3)C2C1=O. The molecule has 162 valence electrons. The molecule has 1 heterocycles. The van der Waals surface area contributed by atoms with Crippen molar-refractivity contribution in [2.75, 3.05) is 32.8 Å². The highest BCUT2D eigenvalue weighted by molar-refractivity contribution is 6.06. The highest BCUT2D eigenvalue weighted by Gasteiger charge is 2.58. The maximum atomic E-state index is 12.8. The summed E-state index contributed by atoms with van der Waals surface area (Å²) in [6.45, 7) is 8.79. The fourth-order valence-electron chi connectivity index (χ4n) is 5.17. The topological polar surface area (TPSA) is 94.0 Å². The van der Waals surface area contributed by atoms with Crippen LogP contribution in [-0.2, 0) is 9.59 Å². The lowest BCUT2D eigenvalue weighted by Crippen LogP contribution is -2.44. The number of hydrogen-bond donors (Lipinski definition) is 3. The number of fused-ring (bicyclic) bond motifs is 5. The average Bonchev–Trinajstić information content (AvgIpc) is 3.35. The molecule has 2 amide bonds. The first-order valence-corrected chi connectivity index (χ1v) is 11.1. The molecule has 2 aliphatic carbocycles. The van der Waals surface area contributed by atoms with Crippen molar-refractivity contribution >= 4 is 17.8 Å². The zero-order valence-electron chi connectivity index (χ0n) is 17.9. The largest absolute Gasteiger partial charge is 0.396 e. The summed E-state index contributed by atoms with van der Waals surface area (Å²) in [5.41, 5.74) is 0. The number of nitrogens with zero attached hydrogens (tertiary/aromatic N) is 2. The zero-order valence-corrected chi connectivity index (χ0v) is 17.9. The Bertz CT molecular complexity index is 630. The number of aliphatic imine (C=N–C) groups is 1.